The molecule has 6 nitrogen and oxygen atoms in total. The molecule has 0 spiro atoms. The van der Waals surface area contributed by atoms with Crippen LogP contribution in [-0.2, 0) is 4.74 Å². The molecule has 0 aliphatic carbocycles. The van der Waals surface area contributed by atoms with Crippen molar-refractivity contribution in [1.29, 1.82) is 0 Å². The van der Waals surface area contributed by atoms with E-state index in [4.69, 9.17) is 9.47 Å². The second kappa shape index (κ2) is 7.37. The van der Waals surface area contributed by atoms with Gasteiger partial charge in [-0.2, -0.15) is 0 Å². The summed E-state index contributed by atoms with van der Waals surface area (Å²) in [7, 11) is 0. The van der Waals surface area contributed by atoms with Crippen molar-refractivity contribution >= 4 is 0 Å². The Kier molecular flexibility index (Phi) is 5.25. The number of rotatable bonds is 4. The molecule has 2 aliphatic heterocycles. The van der Waals surface area contributed by atoms with Crippen LogP contribution in [0.25, 0.3) is 0 Å². The predicted octanol–water partition coefficient (Wildman–Crippen LogP) is 0.276. The van der Waals surface area contributed by atoms with E-state index in [0.717, 1.165) is 38.2 Å². The van der Waals surface area contributed by atoms with Crippen molar-refractivity contribution in [3.05, 3.63) is 24.5 Å². The number of hydrogen-bond acceptors (Lipinski definition) is 6. The van der Waals surface area contributed by atoms with Crippen LogP contribution in [0.15, 0.2) is 24.5 Å². The Hall–Kier alpha value is -1.21. The summed E-state index contributed by atoms with van der Waals surface area (Å²) in [4.78, 5) is 6.38. The highest BCUT2D eigenvalue weighted by atomic mass is 16.5. The lowest BCUT2D eigenvalue weighted by atomic mass is 10.0. The molecule has 0 aromatic carbocycles. The first-order chi connectivity index (χ1) is 10.7. The smallest absolute Gasteiger partial charge is 0.137 e. The molecule has 0 saturated carbocycles. The number of aliphatic hydroxyl groups is 1. The van der Waals surface area contributed by atoms with Crippen molar-refractivity contribution in [1.82, 2.24) is 15.2 Å². The third-order valence-corrected chi connectivity index (χ3v) is 4.24. The molecule has 1 atom stereocenters. The first-order valence-corrected chi connectivity index (χ1v) is 8.03. The van der Waals surface area contributed by atoms with Gasteiger partial charge in [-0.05, 0) is 25.0 Å². The Labute approximate surface area is 131 Å². The molecule has 2 saturated heterocycles. The molecule has 6 heteroatoms. The molecule has 122 valence electrons. The van der Waals surface area contributed by atoms with Crippen LogP contribution in [0, 0.1) is 0 Å². The maximum absolute atomic E-state index is 10.6. The number of nitrogens with one attached hydrogen (secondary N) is 1. The van der Waals surface area contributed by atoms with Gasteiger partial charge in [-0.1, -0.05) is 0 Å². The molecule has 2 N–H and O–H groups in total. The topological polar surface area (TPSA) is 66.9 Å². The maximum Gasteiger partial charge on any atom is 0.137 e. The summed E-state index contributed by atoms with van der Waals surface area (Å²) in [5.74, 6) is 0.834. The van der Waals surface area contributed by atoms with Crippen LogP contribution >= 0.6 is 0 Å². The Bertz CT molecular complexity index is 441. The number of nitrogens with zero attached hydrogens (tertiary/aromatic N) is 2. The Morgan fingerprint density at radius 3 is 3.09 bits per heavy atom. The van der Waals surface area contributed by atoms with Crippen LogP contribution in [0.4, 0.5) is 0 Å². The van der Waals surface area contributed by atoms with E-state index in [1.165, 1.54) is 0 Å². The van der Waals surface area contributed by atoms with Gasteiger partial charge in [-0.15, -0.1) is 0 Å². The summed E-state index contributed by atoms with van der Waals surface area (Å²) in [6, 6.07) is 3.83. The van der Waals surface area contributed by atoms with Gasteiger partial charge in [0.25, 0.3) is 0 Å². The molecular weight excluding hydrogens is 282 g/mol. The zero-order valence-corrected chi connectivity index (χ0v) is 12.9. The first-order valence-electron chi connectivity index (χ1n) is 8.03. The molecule has 0 amide bonds. The Morgan fingerprint density at radius 2 is 2.32 bits per heavy atom. The fourth-order valence-electron chi connectivity index (χ4n) is 3.09. The first kappa shape index (κ1) is 15.7. The van der Waals surface area contributed by atoms with Gasteiger partial charge in [-0.25, -0.2) is 0 Å². The minimum absolute atomic E-state index is 0.235. The van der Waals surface area contributed by atoms with Gasteiger partial charge in [0.1, 0.15) is 17.5 Å². The standard InChI is InChI=1S/C16H25N3O3/c20-16(11-18-6-9-21-13-16)12-19-7-3-14(4-8-19)22-15-2-1-5-17-10-15/h1-2,5,10,14,18,20H,3-4,6-9,11-13H2/t16-/m0/s1. The van der Waals surface area contributed by atoms with Crippen LogP contribution in [0.2, 0.25) is 0 Å². The highest BCUT2D eigenvalue weighted by molar-refractivity contribution is 5.15. The molecule has 2 fully saturated rings. The van der Waals surface area contributed by atoms with Gasteiger partial charge in [0.05, 0.1) is 19.4 Å². The van der Waals surface area contributed by atoms with E-state index in [-0.39, 0.29) is 6.10 Å². The van der Waals surface area contributed by atoms with Crippen molar-refractivity contribution in [2.75, 3.05) is 45.9 Å². The number of piperidine rings is 1. The summed E-state index contributed by atoms with van der Waals surface area (Å²) < 4.78 is 11.4. The quantitative estimate of drug-likeness (QED) is 0.833. The van der Waals surface area contributed by atoms with Crippen molar-refractivity contribution in [3.8, 4) is 5.75 Å². The molecular formula is C16H25N3O3. The minimum Gasteiger partial charge on any atom is -0.489 e. The number of β-amino-alcohol motifs (C(OH)–C–C–N with tert-alkyl or cyclic N) is 1. The lowest BCUT2D eigenvalue weighted by Crippen LogP contribution is -2.53. The molecule has 1 aromatic heterocycles. The van der Waals surface area contributed by atoms with E-state index < -0.39 is 5.60 Å². The molecule has 0 radical (unpaired) electrons. The zero-order chi connectivity index (χ0) is 15.3. The summed E-state index contributed by atoms with van der Waals surface area (Å²) in [5.41, 5.74) is -0.784. The van der Waals surface area contributed by atoms with Crippen LogP contribution in [0.1, 0.15) is 12.8 Å². The number of hydrogen-bond donors (Lipinski definition) is 2. The second-order valence-electron chi connectivity index (χ2n) is 6.24. The second-order valence-corrected chi connectivity index (χ2v) is 6.24. The molecule has 3 heterocycles. The number of aromatic nitrogens is 1. The minimum atomic E-state index is -0.784. The third-order valence-electron chi connectivity index (χ3n) is 4.24. The zero-order valence-electron chi connectivity index (χ0n) is 12.9. The fraction of sp³-hybridized carbons (Fsp3) is 0.688. The summed E-state index contributed by atoms with van der Waals surface area (Å²) >= 11 is 0. The van der Waals surface area contributed by atoms with E-state index in [2.05, 4.69) is 15.2 Å². The lowest BCUT2D eigenvalue weighted by molar-refractivity contribution is -0.0558. The maximum atomic E-state index is 10.6. The monoisotopic (exact) mass is 307 g/mol. The molecule has 3 rings (SSSR count). The molecule has 0 bridgehead atoms. The largest absolute Gasteiger partial charge is 0.489 e. The van der Waals surface area contributed by atoms with E-state index in [1.807, 2.05) is 12.1 Å². The number of likely N-dealkylation sites (tertiary alicyclic amines) is 1. The van der Waals surface area contributed by atoms with Gasteiger partial charge in [-0.3, -0.25) is 4.98 Å². The van der Waals surface area contributed by atoms with E-state index in [0.29, 0.717) is 26.3 Å². The fourth-order valence-corrected chi connectivity index (χ4v) is 3.09. The summed E-state index contributed by atoms with van der Waals surface area (Å²) in [5, 5.41) is 13.9. The van der Waals surface area contributed by atoms with Gasteiger partial charge < -0.3 is 24.8 Å². The SMILES string of the molecule is O[C@]1(CN2CCC(Oc3cccnc3)CC2)CNCCOC1. The van der Waals surface area contributed by atoms with Gasteiger partial charge in [0.15, 0.2) is 0 Å². The van der Waals surface area contributed by atoms with Gasteiger partial charge in [0, 0.05) is 38.9 Å². The van der Waals surface area contributed by atoms with E-state index >= 15 is 0 Å². The van der Waals surface area contributed by atoms with Gasteiger partial charge in [0.2, 0.25) is 0 Å². The highest BCUT2D eigenvalue weighted by Crippen LogP contribution is 2.20. The highest BCUT2D eigenvalue weighted by Gasteiger charge is 2.33. The van der Waals surface area contributed by atoms with Crippen LogP contribution in [0.3, 0.4) is 0 Å². The Balaban J connectivity index is 1.45. The third kappa shape index (κ3) is 4.39. The average Bonchev–Trinajstić information content (AvgIpc) is 2.75. The number of pyridine rings is 1. The van der Waals surface area contributed by atoms with E-state index in [9.17, 15) is 5.11 Å². The lowest BCUT2D eigenvalue weighted by Gasteiger charge is -2.37. The molecule has 22 heavy (non-hydrogen) atoms. The van der Waals surface area contributed by atoms with Crippen LogP contribution < -0.4 is 10.1 Å². The normalized spacial score (nSPS) is 28.2. The van der Waals surface area contributed by atoms with Crippen LogP contribution in [0.5, 0.6) is 5.75 Å². The average molecular weight is 307 g/mol. The molecule has 0 unspecified atom stereocenters. The van der Waals surface area contributed by atoms with Crippen molar-refractivity contribution in [2.45, 2.75) is 24.5 Å². The summed E-state index contributed by atoms with van der Waals surface area (Å²) in [6.07, 6.45) is 5.68. The van der Waals surface area contributed by atoms with E-state index in [1.54, 1.807) is 12.4 Å². The number of ether oxygens (including phenoxy) is 2. The summed E-state index contributed by atoms with van der Waals surface area (Å²) in [6.45, 7) is 5.01. The predicted molar refractivity (Wildman–Crippen MR) is 83.0 cm³/mol. The Morgan fingerprint density at radius 1 is 1.45 bits per heavy atom. The molecule has 1 aromatic rings. The van der Waals surface area contributed by atoms with Crippen molar-refractivity contribution in [2.24, 2.45) is 0 Å². The van der Waals surface area contributed by atoms with Crippen molar-refractivity contribution in [3.63, 3.8) is 0 Å². The van der Waals surface area contributed by atoms with Gasteiger partial charge >= 0.3 is 0 Å². The van der Waals surface area contributed by atoms with Crippen LogP contribution in [-0.4, -0.2) is 72.6 Å². The molecule has 2 aliphatic rings. The van der Waals surface area contributed by atoms with Crippen molar-refractivity contribution < 1.29 is 14.6 Å².